The van der Waals surface area contributed by atoms with Crippen molar-refractivity contribution in [1.82, 2.24) is 10.5 Å². The first-order valence-electron chi connectivity index (χ1n) is 6.97. The van der Waals surface area contributed by atoms with E-state index in [2.05, 4.69) is 10.5 Å². The SMILES string of the molecule is CCC(N)(CC)CNC(=O)CSCc1c(C)noc1C.Cl. The van der Waals surface area contributed by atoms with Crippen molar-refractivity contribution in [1.29, 1.82) is 0 Å². The molecule has 1 rings (SSSR count). The van der Waals surface area contributed by atoms with Crippen molar-refractivity contribution in [2.24, 2.45) is 5.73 Å². The lowest BCUT2D eigenvalue weighted by Gasteiger charge is -2.26. The summed E-state index contributed by atoms with van der Waals surface area (Å²) in [6.45, 7) is 8.42. The summed E-state index contributed by atoms with van der Waals surface area (Å²) in [6.07, 6.45) is 1.71. The second kappa shape index (κ2) is 9.33. The van der Waals surface area contributed by atoms with Gasteiger partial charge in [-0.05, 0) is 26.7 Å². The molecule has 0 radical (unpaired) electrons. The Morgan fingerprint density at radius 1 is 1.38 bits per heavy atom. The van der Waals surface area contributed by atoms with Crippen LogP contribution in [0.3, 0.4) is 0 Å². The molecule has 1 amide bonds. The quantitative estimate of drug-likeness (QED) is 0.763. The van der Waals surface area contributed by atoms with Crippen LogP contribution < -0.4 is 11.1 Å². The minimum atomic E-state index is -0.290. The van der Waals surface area contributed by atoms with Gasteiger partial charge in [-0.1, -0.05) is 19.0 Å². The van der Waals surface area contributed by atoms with Crippen LogP contribution >= 0.6 is 24.2 Å². The molecule has 0 aliphatic rings. The van der Waals surface area contributed by atoms with Crippen LogP contribution in [0.25, 0.3) is 0 Å². The molecule has 21 heavy (non-hydrogen) atoms. The summed E-state index contributed by atoms with van der Waals surface area (Å²) in [7, 11) is 0. The van der Waals surface area contributed by atoms with Crippen molar-refractivity contribution >= 4 is 30.1 Å². The third kappa shape index (κ3) is 6.28. The molecule has 0 atom stereocenters. The van der Waals surface area contributed by atoms with Gasteiger partial charge in [-0.3, -0.25) is 4.79 Å². The topological polar surface area (TPSA) is 81.1 Å². The van der Waals surface area contributed by atoms with Gasteiger partial charge in [0.25, 0.3) is 0 Å². The van der Waals surface area contributed by atoms with Crippen LogP contribution in [-0.4, -0.2) is 28.9 Å². The zero-order valence-corrected chi connectivity index (χ0v) is 14.8. The highest BCUT2D eigenvalue weighted by Gasteiger charge is 2.20. The molecule has 0 saturated heterocycles. The molecule has 5 nitrogen and oxygen atoms in total. The summed E-state index contributed by atoms with van der Waals surface area (Å²) in [5.74, 6) is 2.02. The monoisotopic (exact) mass is 335 g/mol. The van der Waals surface area contributed by atoms with Crippen LogP contribution in [0.2, 0.25) is 0 Å². The Morgan fingerprint density at radius 2 is 2.00 bits per heavy atom. The van der Waals surface area contributed by atoms with Crippen LogP contribution in [0.1, 0.15) is 43.7 Å². The highest BCUT2D eigenvalue weighted by atomic mass is 35.5. The minimum Gasteiger partial charge on any atom is -0.361 e. The van der Waals surface area contributed by atoms with Crippen molar-refractivity contribution in [2.45, 2.75) is 51.8 Å². The maximum atomic E-state index is 11.8. The van der Waals surface area contributed by atoms with Crippen LogP contribution in [0, 0.1) is 13.8 Å². The summed E-state index contributed by atoms with van der Waals surface area (Å²) in [6, 6.07) is 0. The molecule has 1 heterocycles. The fraction of sp³-hybridized carbons (Fsp3) is 0.714. The summed E-state index contributed by atoms with van der Waals surface area (Å²) in [5.41, 5.74) is 7.84. The number of halogens is 1. The number of nitrogens with zero attached hydrogens (tertiary/aromatic N) is 1. The molecule has 0 aromatic carbocycles. The van der Waals surface area contributed by atoms with E-state index in [0.29, 0.717) is 12.3 Å². The maximum Gasteiger partial charge on any atom is 0.230 e. The Hall–Kier alpha value is -0.720. The van der Waals surface area contributed by atoms with Crippen molar-refractivity contribution < 1.29 is 9.32 Å². The molecule has 0 aliphatic carbocycles. The van der Waals surface area contributed by atoms with E-state index < -0.39 is 0 Å². The zero-order valence-electron chi connectivity index (χ0n) is 13.2. The molecule has 0 bridgehead atoms. The first kappa shape index (κ1) is 20.3. The Kier molecular flexibility index (Phi) is 9.01. The summed E-state index contributed by atoms with van der Waals surface area (Å²) < 4.78 is 5.09. The molecule has 122 valence electrons. The van der Waals surface area contributed by atoms with Gasteiger partial charge in [0.1, 0.15) is 5.76 Å². The molecule has 0 spiro atoms. The van der Waals surface area contributed by atoms with Gasteiger partial charge in [0, 0.05) is 23.4 Å². The highest BCUT2D eigenvalue weighted by Crippen LogP contribution is 2.19. The number of aryl methyl sites for hydroxylation is 2. The molecule has 0 fully saturated rings. The van der Waals surface area contributed by atoms with E-state index in [1.54, 1.807) is 11.8 Å². The summed E-state index contributed by atoms with van der Waals surface area (Å²) in [4.78, 5) is 11.8. The number of thioether (sulfide) groups is 1. The van der Waals surface area contributed by atoms with Gasteiger partial charge in [-0.15, -0.1) is 24.2 Å². The fourth-order valence-electron chi connectivity index (χ4n) is 1.78. The standard InChI is InChI=1S/C14H25N3O2S.ClH/c1-5-14(15,6-2)9-16-13(18)8-20-7-12-10(3)17-19-11(12)4;/h5-9,15H2,1-4H3,(H,16,18);1H. The van der Waals surface area contributed by atoms with Gasteiger partial charge < -0.3 is 15.6 Å². The van der Waals surface area contributed by atoms with Crippen molar-refractivity contribution in [2.75, 3.05) is 12.3 Å². The highest BCUT2D eigenvalue weighted by molar-refractivity contribution is 7.99. The second-order valence-electron chi connectivity index (χ2n) is 5.14. The van der Waals surface area contributed by atoms with Gasteiger partial charge in [0.2, 0.25) is 5.91 Å². The smallest absolute Gasteiger partial charge is 0.230 e. The Bertz CT molecular complexity index is 428. The number of carbonyl (C=O) groups is 1. The number of nitrogens with two attached hydrogens (primary N) is 1. The average Bonchev–Trinajstić information content (AvgIpc) is 2.76. The number of hydrogen-bond acceptors (Lipinski definition) is 5. The molecule has 7 heteroatoms. The van der Waals surface area contributed by atoms with E-state index in [1.807, 2.05) is 27.7 Å². The summed E-state index contributed by atoms with van der Waals surface area (Å²) >= 11 is 1.56. The van der Waals surface area contributed by atoms with Gasteiger partial charge in [0.15, 0.2) is 0 Å². The predicted octanol–water partition coefficient (Wildman–Crippen LogP) is 2.58. The van der Waals surface area contributed by atoms with Crippen LogP contribution in [0.15, 0.2) is 4.52 Å². The number of rotatable bonds is 8. The van der Waals surface area contributed by atoms with E-state index >= 15 is 0 Å². The third-order valence-corrected chi connectivity index (χ3v) is 4.67. The van der Waals surface area contributed by atoms with Crippen molar-refractivity contribution in [3.63, 3.8) is 0 Å². The first-order valence-corrected chi connectivity index (χ1v) is 8.12. The normalized spacial score (nSPS) is 11.1. The molecular weight excluding hydrogens is 310 g/mol. The number of carbonyl (C=O) groups excluding carboxylic acids is 1. The van der Waals surface area contributed by atoms with Crippen molar-refractivity contribution in [3.05, 3.63) is 17.0 Å². The zero-order chi connectivity index (χ0) is 15.2. The van der Waals surface area contributed by atoms with E-state index in [4.69, 9.17) is 10.3 Å². The molecule has 0 aliphatic heterocycles. The Morgan fingerprint density at radius 3 is 2.48 bits per heavy atom. The molecule has 3 N–H and O–H groups in total. The van der Waals surface area contributed by atoms with E-state index in [-0.39, 0.29) is 23.9 Å². The van der Waals surface area contributed by atoms with Crippen molar-refractivity contribution in [3.8, 4) is 0 Å². The van der Waals surface area contributed by atoms with E-state index in [1.165, 1.54) is 0 Å². The Balaban J connectivity index is 0.00000400. The lowest BCUT2D eigenvalue weighted by molar-refractivity contribution is -0.118. The Labute approximate surface area is 137 Å². The number of amides is 1. The number of nitrogens with one attached hydrogen (secondary N) is 1. The van der Waals surface area contributed by atoms with E-state index in [9.17, 15) is 4.79 Å². The minimum absolute atomic E-state index is 0. The molecule has 0 saturated carbocycles. The fourth-order valence-corrected chi connectivity index (χ4v) is 2.79. The summed E-state index contributed by atoms with van der Waals surface area (Å²) in [5, 5.41) is 6.81. The van der Waals surface area contributed by atoms with Gasteiger partial charge in [-0.25, -0.2) is 0 Å². The van der Waals surface area contributed by atoms with Crippen LogP contribution in [0.4, 0.5) is 0 Å². The largest absolute Gasteiger partial charge is 0.361 e. The van der Waals surface area contributed by atoms with Gasteiger partial charge in [-0.2, -0.15) is 0 Å². The maximum absolute atomic E-state index is 11.8. The predicted molar refractivity (Wildman–Crippen MR) is 89.9 cm³/mol. The van der Waals surface area contributed by atoms with Crippen LogP contribution in [0.5, 0.6) is 0 Å². The van der Waals surface area contributed by atoms with Gasteiger partial charge in [0.05, 0.1) is 11.4 Å². The molecule has 1 aromatic heterocycles. The number of aromatic nitrogens is 1. The first-order chi connectivity index (χ1) is 9.41. The number of hydrogen-bond donors (Lipinski definition) is 2. The molecular formula is C14H26ClN3O2S. The third-order valence-electron chi connectivity index (χ3n) is 3.71. The lowest BCUT2D eigenvalue weighted by atomic mass is 9.94. The molecule has 1 aromatic rings. The second-order valence-corrected chi connectivity index (χ2v) is 6.13. The lowest BCUT2D eigenvalue weighted by Crippen LogP contribution is -2.49. The molecule has 0 unspecified atom stereocenters. The average molecular weight is 336 g/mol. The van der Waals surface area contributed by atoms with Crippen LogP contribution in [-0.2, 0) is 10.5 Å². The van der Waals surface area contributed by atoms with E-state index in [0.717, 1.165) is 35.6 Å². The van der Waals surface area contributed by atoms with Gasteiger partial charge >= 0.3 is 0 Å².